The third-order valence-electron chi connectivity index (χ3n) is 2.76. The van der Waals surface area contributed by atoms with Gasteiger partial charge in [0.15, 0.2) is 0 Å². The first kappa shape index (κ1) is 15.8. The molecule has 21 heavy (non-hydrogen) atoms. The van der Waals surface area contributed by atoms with Gasteiger partial charge in [-0.25, -0.2) is 4.39 Å². The van der Waals surface area contributed by atoms with Crippen molar-refractivity contribution in [1.29, 1.82) is 0 Å². The Morgan fingerprint density at radius 1 is 1.10 bits per heavy atom. The van der Waals surface area contributed by atoms with Crippen LogP contribution in [-0.2, 0) is 11.3 Å². The van der Waals surface area contributed by atoms with Crippen LogP contribution >= 0.6 is 23.2 Å². The standard InChI is InChI=1S/C15H13Cl2FN2O/c16-12-6-5-11(7-13(12)17)20-15(21)9-19-8-10-3-1-2-4-14(10)18/h1-7,19H,8-9H2,(H,20,21). The van der Waals surface area contributed by atoms with E-state index >= 15 is 0 Å². The van der Waals surface area contributed by atoms with Crippen molar-refractivity contribution in [2.45, 2.75) is 6.54 Å². The van der Waals surface area contributed by atoms with Gasteiger partial charge in [-0.05, 0) is 24.3 Å². The lowest BCUT2D eigenvalue weighted by atomic mass is 10.2. The fourth-order valence-corrected chi connectivity index (χ4v) is 2.03. The quantitative estimate of drug-likeness (QED) is 0.875. The Bertz CT molecular complexity index is 649. The molecule has 0 aromatic heterocycles. The second-order valence-corrected chi connectivity index (χ2v) is 5.19. The smallest absolute Gasteiger partial charge is 0.238 e. The summed E-state index contributed by atoms with van der Waals surface area (Å²) >= 11 is 11.6. The summed E-state index contributed by atoms with van der Waals surface area (Å²) in [5.74, 6) is -0.542. The first-order valence-electron chi connectivity index (χ1n) is 6.25. The van der Waals surface area contributed by atoms with Crippen LogP contribution in [0.3, 0.4) is 0 Å². The number of carbonyl (C=O) groups excluding carboxylic acids is 1. The molecule has 2 aromatic carbocycles. The molecular formula is C15H13Cl2FN2O. The molecule has 0 bridgehead atoms. The fraction of sp³-hybridized carbons (Fsp3) is 0.133. The molecule has 3 nitrogen and oxygen atoms in total. The number of halogens is 3. The lowest BCUT2D eigenvalue weighted by molar-refractivity contribution is -0.115. The second kappa shape index (κ2) is 7.41. The minimum Gasteiger partial charge on any atom is -0.325 e. The molecule has 110 valence electrons. The molecule has 2 rings (SSSR count). The SMILES string of the molecule is O=C(CNCc1ccccc1F)Nc1ccc(Cl)c(Cl)c1. The third kappa shape index (κ3) is 4.70. The predicted octanol–water partition coefficient (Wildman–Crippen LogP) is 3.86. The van der Waals surface area contributed by atoms with Crippen LogP contribution in [0.4, 0.5) is 10.1 Å². The second-order valence-electron chi connectivity index (χ2n) is 4.37. The summed E-state index contributed by atoms with van der Waals surface area (Å²) in [6.07, 6.45) is 0. The van der Waals surface area contributed by atoms with Gasteiger partial charge in [-0.1, -0.05) is 41.4 Å². The molecule has 0 aliphatic rings. The Morgan fingerprint density at radius 3 is 2.57 bits per heavy atom. The minimum absolute atomic E-state index is 0.0641. The van der Waals surface area contributed by atoms with Gasteiger partial charge in [-0.3, -0.25) is 4.79 Å². The number of hydrogen-bond acceptors (Lipinski definition) is 2. The first-order valence-corrected chi connectivity index (χ1v) is 7.01. The average Bonchev–Trinajstić information content (AvgIpc) is 2.45. The van der Waals surface area contributed by atoms with Gasteiger partial charge in [-0.15, -0.1) is 0 Å². The van der Waals surface area contributed by atoms with Crippen molar-refractivity contribution in [2.24, 2.45) is 0 Å². The van der Waals surface area contributed by atoms with Crippen LogP contribution in [0.2, 0.25) is 10.0 Å². The highest BCUT2D eigenvalue weighted by molar-refractivity contribution is 6.42. The van der Waals surface area contributed by atoms with E-state index in [1.807, 2.05) is 0 Å². The first-order chi connectivity index (χ1) is 10.1. The topological polar surface area (TPSA) is 41.1 Å². The summed E-state index contributed by atoms with van der Waals surface area (Å²) in [4.78, 5) is 11.7. The van der Waals surface area contributed by atoms with Crippen molar-refractivity contribution in [3.8, 4) is 0 Å². The Hall–Kier alpha value is -1.62. The molecule has 6 heteroatoms. The maximum Gasteiger partial charge on any atom is 0.238 e. The molecule has 0 saturated carbocycles. The molecule has 2 aromatic rings. The molecule has 0 spiro atoms. The Morgan fingerprint density at radius 2 is 1.86 bits per heavy atom. The lowest BCUT2D eigenvalue weighted by Crippen LogP contribution is -2.28. The number of rotatable bonds is 5. The van der Waals surface area contributed by atoms with Gasteiger partial charge in [0.05, 0.1) is 16.6 Å². The fourth-order valence-electron chi connectivity index (χ4n) is 1.73. The number of anilines is 1. The molecule has 0 unspecified atom stereocenters. The lowest BCUT2D eigenvalue weighted by Gasteiger charge is -2.08. The summed E-state index contributed by atoms with van der Waals surface area (Å²) < 4.78 is 13.4. The van der Waals surface area contributed by atoms with E-state index in [1.165, 1.54) is 6.07 Å². The highest BCUT2D eigenvalue weighted by Crippen LogP contribution is 2.24. The molecule has 0 aliphatic carbocycles. The molecule has 0 radical (unpaired) electrons. The molecule has 2 N–H and O–H groups in total. The molecule has 1 amide bonds. The maximum absolute atomic E-state index is 13.4. The molecular weight excluding hydrogens is 314 g/mol. The van der Waals surface area contributed by atoms with Crippen LogP contribution in [0.25, 0.3) is 0 Å². The van der Waals surface area contributed by atoms with E-state index in [0.717, 1.165) is 0 Å². The van der Waals surface area contributed by atoms with Crippen molar-refractivity contribution in [3.63, 3.8) is 0 Å². The van der Waals surface area contributed by atoms with E-state index in [-0.39, 0.29) is 24.8 Å². The largest absolute Gasteiger partial charge is 0.325 e. The van der Waals surface area contributed by atoms with Crippen LogP contribution in [-0.4, -0.2) is 12.5 Å². The van der Waals surface area contributed by atoms with Crippen molar-refractivity contribution >= 4 is 34.8 Å². The summed E-state index contributed by atoms with van der Waals surface area (Å²) in [7, 11) is 0. The molecule has 0 saturated heterocycles. The van der Waals surface area contributed by atoms with Crippen LogP contribution in [0, 0.1) is 5.82 Å². The van der Waals surface area contributed by atoms with Gasteiger partial charge in [0, 0.05) is 17.8 Å². The zero-order chi connectivity index (χ0) is 15.2. The Labute approximate surface area is 132 Å². The average molecular weight is 327 g/mol. The highest BCUT2D eigenvalue weighted by Gasteiger charge is 2.05. The number of hydrogen-bond donors (Lipinski definition) is 2. The van der Waals surface area contributed by atoms with Gasteiger partial charge in [0.25, 0.3) is 0 Å². The summed E-state index contributed by atoms with van der Waals surface area (Å²) in [5, 5.41) is 6.34. The summed E-state index contributed by atoms with van der Waals surface area (Å²) in [6.45, 7) is 0.343. The van der Waals surface area contributed by atoms with E-state index < -0.39 is 0 Å². The normalized spacial score (nSPS) is 10.4. The van der Waals surface area contributed by atoms with Gasteiger partial charge in [0.2, 0.25) is 5.91 Å². The number of nitrogens with one attached hydrogen (secondary N) is 2. The van der Waals surface area contributed by atoms with Crippen LogP contribution < -0.4 is 10.6 Å². The third-order valence-corrected chi connectivity index (χ3v) is 3.50. The van der Waals surface area contributed by atoms with E-state index in [4.69, 9.17) is 23.2 Å². The molecule has 0 aliphatic heterocycles. The Kier molecular flexibility index (Phi) is 5.56. The molecule has 0 fully saturated rings. The van der Waals surface area contributed by atoms with Gasteiger partial charge in [0.1, 0.15) is 5.82 Å². The molecule has 0 heterocycles. The van der Waals surface area contributed by atoms with Gasteiger partial charge >= 0.3 is 0 Å². The van der Waals surface area contributed by atoms with Crippen LogP contribution in [0.5, 0.6) is 0 Å². The number of carbonyl (C=O) groups is 1. The van der Waals surface area contributed by atoms with Gasteiger partial charge < -0.3 is 10.6 Å². The van der Waals surface area contributed by atoms with E-state index in [2.05, 4.69) is 10.6 Å². The predicted molar refractivity (Wildman–Crippen MR) is 83.2 cm³/mol. The summed E-state index contributed by atoms with van der Waals surface area (Å²) in [6, 6.07) is 11.2. The Balaban J connectivity index is 1.82. The van der Waals surface area contributed by atoms with Crippen molar-refractivity contribution < 1.29 is 9.18 Å². The maximum atomic E-state index is 13.4. The van der Waals surface area contributed by atoms with Crippen LogP contribution in [0.1, 0.15) is 5.56 Å². The minimum atomic E-state index is -0.296. The monoisotopic (exact) mass is 326 g/mol. The van der Waals surface area contributed by atoms with Crippen molar-refractivity contribution in [3.05, 3.63) is 63.9 Å². The van der Waals surface area contributed by atoms with Crippen molar-refractivity contribution in [1.82, 2.24) is 5.32 Å². The summed E-state index contributed by atoms with van der Waals surface area (Å²) in [5.41, 5.74) is 1.07. The zero-order valence-corrected chi connectivity index (χ0v) is 12.5. The van der Waals surface area contributed by atoms with Crippen LogP contribution in [0.15, 0.2) is 42.5 Å². The molecule has 0 atom stereocenters. The number of benzene rings is 2. The van der Waals surface area contributed by atoms with E-state index in [0.29, 0.717) is 21.3 Å². The number of amides is 1. The van der Waals surface area contributed by atoms with Gasteiger partial charge in [-0.2, -0.15) is 0 Å². The van der Waals surface area contributed by atoms with E-state index in [1.54, 1.807) is 36.4 Å². The highest BCUT2D eigenvalue weighted by atomic mass is 35.5. The van der Waals surface area contributed by atoms with Crippen molar-refractivity contribution in [2.75, 3.05) is 11.9 Å². The van der Waals surface area contributed by atoms with E-state index in [9.17, 15) is 9.18 Å². The zero-order valence-electron chi connectivity index (χ0n) is 11.0.